The van der Waals surface area contributed by atoms with Crippen LogP contribution in [0.5, 0.6) is 0 Å². The van der Waals surface area contributed by atoms with Gasteiger partial charge in [0.15, 0.2) is 0 Å². The summed E-state index contributed by atoms with van der Waals surface area (Å²) in [4.78, 5) is 32.1. The molecule has 1 heterocycles. The Kier molecular flexibility index (Phi) is 8.13. The first kappa shape index (κ1) is 27.6. The number of carbonyl (C=O) groups is 2. The van der Waals surface area contributed by atoms with Crippen LogP contribution in [0.15, 0.2) is 85.1 Å². The fraction of sp³-hybridized carbons (Fsp3) is 0.207. The van der Waals surface area contributed by atoms with Crippen molar-refractivity contribution in [2.24, 2.45) is 5.92 Å². The molecule has 0 spiro atoms. The lowest BCUT2D eigenvalue weighted by Crippen LogP contribution is -2.40. The molecule has 4 aromatic rings. The largest absolute Gasteiger partial charge is 0.416 e. The Morgan fingerprint density at radius 1 is 0.949 bits per heavy atom. The summed E-state index contributed by atoms with van der Waals surface area (Å²) < 4.78 is 54.1. The maximum absolute atomic E-state index is 13.3. The number of nitrogens with one attached hydrogen (secondary N) is 1. The number of anilines is 1. The molecule has 0 radical (unpaired) electrons. The number of imidazole rings is 1. The third kappa shape index (κ3) is 6.90. The molecule has 202 valence electrons. The Hall–Kier alpha value is -4.47. The fourth-order valence-corrected chi connectivity index (χ4v) is 4.00. The van der Waals surface area contributed by atoms with Crippen LogP contribution in [-0.4, -0.2) is 39.4 Å². The minimum absolute atomic E-state index is 0.0426. The molecule has 10 heteroatoms. The molecular weight excluding hydrogens is 512 g/mol. The first-order chi connectivity index (χ1) is 18.5. The molecular formula is C29H26F4N4O2. The van der Waals surface area contributed by atoms with Crippen molar-refractivity contribution in [3.8, 4) is 16.9 Å². The Bertz CT molecular complexity index is 1430. The second-order valence-corrected chi connectivity index (χ2v) is 9.37. The van der Waals surface area contributed by atoms with Crippen LogP contribution in [-0.2, 0) is 11.0 Å². The van der Waals surface area contributed by atoms with Gasteiger partial charge < -0.3 is 4.90 Å². The van der Waals surface area contributed by atoms with Crippen molar-refractivity contribution < 1.29 is 27.2 Å². The molecule has 0 atom stereocenters. The van der Waals surface area contributed by atoms with Gasteiger partial charge in [-0.2, -0.15) is 13.2 Å². The Balaban J connectivity index is 1.62. The van der Waals surface area contributed by atoms with Gasteiger partial charge >= 0.3 is 6.18 Å². The van der Waals surface area contributed by atoms with E-state index in [2.05, 4.69) is 10.3 Å². The lowest BCUT2D eigenvalue weighted by Gasteiger charge is -2.24. The third-order valence-electron chi connectivity index (χ3n) is 5.80. The summed E-state index contributed by atoms with van der Waals surface area (Å²) in [6.07, 6.45) is -2.88. The van der Waals surface area contributed by atoms with Crippen LogP contribution < -0.4 is 5.32 Å². The van der Waals surface area contributed by atoms with Crippen LogP contribution >= 0.6 is 0 Å². The Morgan fingerprint density at radius 3 is 2.18 bits per heavy atom. The smallest absolute Gasteiger partial charge is 0.329 e. The van der Waals surface area contributed by atoms with Crippen molar-refractivity contribution >= 4 is 17.8 Å². The number of amides is 2. The van der Waals surface area contributed by atoms with Crippen LogP contribution in [0, 0.1) is 11.7 Å². The zero-order valence-corrected chi connectivity index (χ0v) is 21.2. The topological polar surface area (TPSA) is 67.2 Å². The molecule has 0 saturated heterocycles. The van der Waals surface area contributed by atoms with Gasteiger partial charge in [0, 0.05) is 29.6 Å². The van der Waals surface area contributed by atoms with Gasteiger partial charge in [-0.25, -0.2) is 9.37 Å². The molecule has 0 aliphatic heterocycles. The minimum Gasteiger partial charge on any atom is -0.329 e. The Morgan fingerprint density at radius 2 is 1.59 bits per heavy atom. The molecule has 1 aromatic heterocycles. The number of hydrogen-bond acceptors (Lipinski definition) is 3. The highest BCUT2D eigenvalue weighted by molar-refractivity contribution is 5.99. The quantitative estimate of drug-likeness (QED) is 0.263. The molecule has 39 heavy (non-hydrogen) atoms. The van der Waals surface area contributed by atoms with Crippen LogP contribution in [0.1, 0.15) is 29.8 Å². The van der Waals surface area contributed by atoms with E-state index < -0.39 is 29.4 Å². The van der Waals surface area contributed by atoms with E-state index in [-0.39, 0.29) is 30.5 Å². The molecule has 2 amide bonds. The van der Waals surface area contributed by atoms with Crippen molar-refractivity contribution in [2.75, 3.05) is 18.4 Å². The zero-order chi connectivity index (χ0) is 28.2. The second kappa shape index (κ2) is 11.5. The molecule has 0 aliphatic carbocycles. The van der Waals surface area contributed by atoms with E-state index >= 15 is 0 Å². The summed E-state index contributed by atoms with van der Waals surface area (Å²) in [5.41, 5.74) is 1.03. The van der Waals surface area contributed by atoms with Crippen LogP contribution in [0.2, 0.25) is 0 Å². The number of alkyl halides is 3. The van der Waals surface area contributed by atoms with Crippen molar-refractivity contribution in [3.05, 3.63) is 102 Å². The summed E-state index contributed by atoms with van der Waals surface area (Å²) in [5.74, 6) is -1.35. The summed E-state index contributed by atoms with van der Waals surface area (Å²) in [7, 11) is 0. The average molecular weight is 539 g/mol. The number of nitrogens with zero attached hydrogens (tertiary/aromatic N) is 3. The van der Waals surface area contributed by atoms with Gasteiger partial charge in [0.1, 0.15) is 12.4 Å². The highest BCUT2D eigenvalue weighted by atomic mass is 19.4. The van der Waals surface area contributed by atoms with Crippen molar-refractivity contribution in [3.63, 3.8) is 0 Å². The molecule has 1 N–H and O–H groups in total. The highest BCUT2D eigenvalue weighted by Crippen LogP contribution is 2.31. The first-order valence-corrected chi connectivity index (χ1v) is 12.2. The van der Waals surface area contributed by atoms with Crippen molar-refractivity contribution in [1.82, 2.24) is 14.5 Å². The minimum atomic E-state index is -4.49. The van der Waals surface area contributed by atoms with Crippen LogP contribution in [0.3, 0.4) is 0 Å². The first-order valence-electron chi connectivity index (χ1n) is 12.2. The van der Waals surface area contributed by atoms with Gasteiger partial charge in [-0.05, 0) is 54.4 Å². The van der Waals surface area contributed by atoms with E-state index in [0.717, 1.165) is 17.7 Å². The van der Waals surface area contributed by atoms with Gasteiger partial charge in [-0.1, -0.05) is 44.2 Å². The van der Waals surface area contributed by atoms with E-state index in [9.17, 15) is 27.2 Å². The van der Waals surface area contributed by atoms with Gasteiger partial charge in [-0.3, -0.25) is 19.5 Å². The maximum Gasteiger partial charge on any atom is 0.416 e. The van der Waals surface area contributed by atoms with Crippen molar-refractivity contribution in [2.45, 2.75) is 20.0 Å². The monoisotopic (exact) mass is 538 g/mol. The lowest BCUT2D eigenvalue weighted by atomic mass is 10.1. The van der Waals surface area contributed by atoms with E-state index in [1.165, 1.54) is 45.9 Å². The summed E-state index contributed by atoms with van der Waals surface area (Å²) in [6.45, 7) is 3.75. The molecule has 0 aliphatic rings. The van der Waals surface area contributed by atoms with Crippen LogP contribution in [0.4, 0.5) is 23.5 Å². The van der Waals surface area contributed by atoms with E-state index in [1.54, 1.807) is 6.20 Å². The summed E-state index contributed by atoms with van der Waals surface area (Å²) in [5, 5.41) is 2.70. The Labute approximate surface area is 222 Å². The van der Waals surface area contributed by atoms with Gasteiger partial charge in [0.05, 0.1) is 11.3 Å². The zero-order valence-electron chi connectivity index (χ0n) is 21.2. The number of carbonyl (C=O) groups excluding carboxylic acids is 2. The molecule has 3 aromatic carbocycles. The third-order valence-corrected chi connectivity index (χ3v) is 5.80. The number of hydrogen-bond donors (Lipinski definition) is 1. The van der Waals surface area contributed by atoms with Gasteiger partial charge in [0.25, 0.3) is 5.91 Å². The SMILES string of the molecule is CC(C)CN(CC(=O)Nc1nc(-c2ccccc2)cn1-c1ccc(C(F)(F)F)cc1)C(=O)c1ccc(F)cc1. The highest BCUT2D eigenvalue weighted by Gasteiger charge is 2.30. The normalized spacial score (nSPS) is 11.5. The summed E-state index contributed by atoms with van der Waals surface area (Å²) >= 11 is 0. The molecule has 0 saturated carbocycles. The van der Waals surface area contributed by atoms with E-state index in [1.807, 2.05) is 44.2 Å². The predicted molar refractivity (Wildman–Crippen MR) is 140 cm³/mol. The molecule has 0 fully saturated rings. The van der Waals surface area contributed by atoms with E-state index in [0.29, 0.717) is 11.4 Å². The average Bonchev–Trinajstić information content (AvgIpc) is 3.31. The molecule has 0 unspecified atom stereocenters. The van der Waals surface area contributed by atoms with Crippen LogP contribution in [0.25, 0.3) is 16.9 Å². The molecule has 6 nitrogen and oxygen atoms in total. The lowest BCUT2D eigenvalue weighted by molar-refractivity contribution is -0.137. The number of halogens is 4. The second-order valence-electron chi connectivity index (χ2n) is 9.37. The van der Waals surface area contributed by atoms with Gasteiger partial charge in [0.2, 0.25) is 11.9 Å². The maximum atomic E-state index is 13.3. The number of aromatic nitrogens is 2. The summed E-state index contributed by atoms with van der Waals surface area (Å²) in [6, 6.07) is 18.6. The van der Waals surface area contributed by atoms with Crippen molar-refractivity contribution in [1.29, 1.82) is 0 Å². The molecule has 0 bridgehead atoms. The molecule has 4 rings (SSSR count). The fourth-order valence-electron chi connectivity index (χ4n) is 4.00. The van der Waals surface area contributed by atoms with E-state index in [4.69, 9.17) is 0 Å². The number of benzene rings is 3. The number of rotatable bonds is 8. The standard InChI is InChI=1S/C29H26F4N4O2/c1-19(2)16-36(27(39)21-8-12-23(30)13-9-21)18-26(38)35-28-34-25(20-6-4-3-5-7-20)17-37(28)24-14-10-22(11-15-24)29(31,32)33/h3-15,17,19H,16,18H2,1-2H3,(H,34,35,38). The predicted octanol–water partition coefficient (Wildman–Crippen LogP) is 6.43. The van der Waals surface area contributed by atoms with Gasteiger partial charge in [-0.15, -0.1) is 0 Å².